The maximum atomic E-state index is 10.6. The number of aliphatic hydroxyl groups excluding tert-OH is 1. The van der Waals surface area contributed by atoms with Crippen LogP contribution in [-0.4, -0.2) is 40.3 Å². The van der Waals surface area contributed by atoms with Crippen LogP contribution in [0.1, 0.15) is 30.2 Å². The first kappa shape index (κ1) is 15.2. The number of nitrogens with zero attached hydrogens (tertiary/aromatic N) is 1. The maximum Gasteiger partial charge on any atom is 0.328 e. The van der Waals surface area contributed by atoms with Gasteiger partial charge in [-0.05, 0) is 61.9 Å². The van der Waals surface area contributed by atoms with E-state index >= 15 is 0 Å². The normalized spacial score (nSPS) is 19.5. The third kappa shape index (κ3) is 4.16. The molecule has 1 aliphatic heterocycles. The summed E-state index contributed by atoms with van der Waals surface area (Å²) >= 11 is 1.67. The molecule has 110 valence electrons. The minimum Gasteiger partial charge on any atom is -0.478 e. The number of aliphatic hydroxyl groups is 1. The van der Waals surface area contributed by atoms with E-state index in [1.807, 2.05) is 18.4 Å². The van der Waals surface area contributed by atoms with E-state index < -0.39 is 5.97 Å². The molecule has 1 saturated heterocycles. The smallest absolute Gasteiger partial charge is 0.328 e. The second-order valence-corrected chi connectivity index (χ2v) is 6.33. The first-order valence-corrected chi connectivity index (χ1v) is 7.82. The lowest BCUT2D eigenvalue weighted by atomic mass is 9.92. The minimum atomic E-state index is -0.917. The molecule has 0 amide bonds. The van der Waals surface area contributed by atoms with E-state index in [2.05, 4.69) is 4.90 Å². The molecule has 1 aromatic heterocycles. The number of carboxylic acid groups (broad SMARTS) is 1. The fraction of sp³-hybridized carbons (Fsp3) is 0.533. The number of carboxylic acids is 1. The van der Waals surface area contributed by atoms with Gasteiger partial charge in [0.25, 0.3) is 0 Å². The van der Waals surface area contributed by atoms with Gasteiger partial charge in [-0.2, -0.15) is 0 Å². The van der Waals surface area contributed by atoms with Gasteiger partial charge in [-0.15, -0.1) is 11.3 Å². The van der Waals surface area contributed by atoms with Crippen LogP contribution in [-0.2, 0) is 11.3 Å². The summed E-state index contributed by atoms with van der Waals surface area (Å²) in [6.07, 6.45) is 4.70. The van der Waals surface area contributed by atoms with Crippen LogP contribution in [0, 0.1) is 5.92 Å². The predicted molar refractivity (Wildman–Crippen MR) is 80.7 cm³/mol. The van der Waals surface area contributed by atoms with E-state index in [1.165, 1.54) is 11.0 Å². The van der Waals surface area contributed by atoms with Crippen molar-refractivity contribution in [1.82, 2.24) is 4.90 Å². The van der Waals surface area contributed by atoms with Crippen molar-refractivity contribution >= 4 is 23.4 Å². The van der Waals surface area contributed by atoms with Crippen molar-refractivity contribution in [3.05, 3.63) is 28.0 Å². The Hall–Kier alpha value is -1.17. The van der Waals surface area contributed by atoms with E-state index in [-0.39, 0.29) is 6.10 Å². The Bertz CT molecular complexity index is 473. The molecule has 0 bridgehead atoms. The number of likely N-dealkylation sites (tertiary alicyclic amines) is 1. The van der Waals surface area contributed by atoms with Gasteiger partial charge < -0.3 is 10.2 Å². The summed E-state index contributed by atoms with van der Waals surface area (Å²) < 4.78 is 0. The van der Waals surface area contributed by atoms with Crippen molar-refractivity contribution in [2.75, 3.05) is 13.1 Å². The summed E-state index contributed by atoms with van der Waals surface area (Å²) in [7, 11) is 0. The highest BCUT2D eigenvalue weighted by Gasteiger charge is 2.23. The van der Waals surface area contributed by atoms with Gasteiger partial charge in [-0.25, -0.2) is 4.79 Å². The van der Waals surface area contributed by atoms with Crippen LogP contribution in [0.2, 0.25) is 0 Å². The molecule has 0 aliphatic carbocycles. The van der Waals surface area contributed by atoms with Gasteiger partial charge in [0.05, 0.1) is 6.10 Å². The third-order valence-electron chi connectivity index (χ3n) is 3.87. The van der Waals surface area contributed by atoms with Crippen LogP contribution < -0.4 is 0 Å². The van der Waals surface area contributed by atoms with Crippen LogP contribution in [0.25, 0.3) is 6.08 Å². The monoisotopic (exact) mass is 295 g/mol. The standard InChI is InChI=1S/C15H21NO3S/c1-11(17)12-4-7-16(8-5-12)10-14-13(6-9-20-14)2-3-15(18)19/h2-3,6,9,11-12,17H,4-5,7-8,10H2,1H3,(H,18,19)/b3-2+. The largest absolute Gasteiger partial charge is 0.478 e. The Kier molecular flexibility index (Phi) is 5.34. The fourth-order valence-corrected chi connectivity index (χ4v) is 3.49. The lowest BCUT2D eigenvalue weighted by Gasteiger charge is -2.33. The highest BCUT2D eigenvalue weighted by molar-refractivity contribution is 7.10. The molecule has 1 atom stereocenters. The quantitative estimate of drug-likeness (QED) is 0.819. The lowest BCUT2D eigenvalue weighted by molar-refractivity contribution is -0.131. The summed E-state index contributed by atoms with van der Waals surface area (Å²) in [5.74, 6) is -0.499. The van der Waals surface area contributed by atoms with Gasteiger partial charge >= 0.3 is 5.97 Å². The number of hydrogen-bond donors (Lipinski definition) is 2. The number of piperidine rings is 1. The van der Waals surface area contributed by atoms with Crippen molar-refractivity contribution in [2.45, 2.75) is 32.4 Å². The summed E-state index contributed by atoms with van der Waals surface area (Å²) in [6.45, 7) is 4.73. The van der Waals surface area contributed by atoms with Crippen molar-refractivity contribution in [2.24, 2.45) is 5.92 Å². The molecule has 1 aromatic rings. The summed E-state index contributed by atoms with van der Waals surface area (Å²) in [6, 6.07) is 1.96. The molecule has 4 nitrogen and oxygen atoms in total. The van der Waals surface area contributed by atoms with E-state index in [4.69, 9.17) is 5.11 Å². The Balaban J connectivity index is 1.92. The summed E-state index contributed by atoms with van der Waals surface area (Å²) in [4.78, 5) is 14.2. The molecule has 5 heteroatoms. The molecule has 0 aromatic carbocycles. The Morgan fingerprint density at radius 3 is 2.85 bits per heavy atom. The molecule has 20 heavy (non-hydrogen) atoms. The number of thiophene rings is 1. The first-order valence-electron chi connectivity index (χ1n) is 6.94. The van der Waals surface area contributed by atoms with Gasteiger partial charge in [0.1, 0.15) is 0 Å². The topological polar surface area (TPSA) is 60.8 Å². The molecule has 1 aliphatic rings. The molecule has 0 radical (unpaired) electrons. The molecular weight excluding hydrogens is 274 g/mol. The highest BCUT2D eigenvalue weighted by Crippen LogP contribution is 2.25. The van der Waals surface area contributed by atoms with Gasteiger partial charge in [0.15, 0.2) is 0 Å². The number of hydrogen-bond acceptors (Lipinski definition) is 4. The van der Waals surface area contributed by atoms with Crippen LogP contribution in [0.15, 0.2) is 17.5 Å². The average Bonchev–Trinajstić information content (AvgIpc) is 2.84. The Labute approximate surface area is 123 Å². The molecular formula is C15H21NO3S. The lowest BCUT2D eigenvalue weighted by Crippen LogP contribution is -2.36. The minimum absolute atomic E-state index is 0.215. The van der Waals surface area contributed by atoms with Crippen LogP contribution in [0.4, 0.5) is 0 Å². The van der Waals surface area contributed by atoms with Crippen LogP contribution >= 0.6 is 11.3 Å². The molecule has 1 fully saturated rings. The zero-order chi connectivity index (χ0) is 14.5. The van der Waals surface area contributed by atoms with E-state index in [9.17, 15) is 9.90 Å². The molecule has 0 spiro atoms. The maximum absolute atomic E-state index is 10.6. The van der Waals surface area contributed by atoms with Crippen LogP contribution in [0.5, 0.6) is 0 Å². The number of aliphatic carboxylic acids is 1. The van der Waals surface area contributed by atoms with Gasteiger partial charge in [0.2, 0.25) is 0 Å². The fourth-order valence-electron chi connectivity index (χ4n) is 2.59. The summed E-state index contributed by atoms with van der Waals surface area (Å²) in [5.41, 5.74) is 0.995. The molecule has 2 N–H and O–H groups in total. The zero-order valence-electron chi connectivity index (χ0n) is 11.7. The van der Waals surface area contributed by atoms with Gasteiger partial charge in [-0.1, -0.05) is 0 Å². The zero-order valence-corrected chi connectivity index (χ0v) is 12.5. The SMILES string of the molecule is CC(O)C1CCN(Cc2sccc2/C=C/C(=O)O)CC1. The predicted octanol–water partition coefficient (Wildman–Crippen LogP) is 2.44. The second-order valence-electron chi connectivity index (χ2n) is 5.32. The molecule has 1 unspecified atom stereocenters. The summed E-state index contributed by atoms with van der Waals surface area (Å²) in [5, 5.41) is 20.3. The van der Waals surface area contributed by atoms with Gasteiger partial charge in [-0.3, -0.25) is 4.90 Å². The third-order valence-corrected chi connectivity index (χ3v) is 4.79. The van der Waals surface area contributed by atoms with Crippen molar-refractivity contribution in [1.29, 1.82) is 0 Å². The van der Waals surface area contributed by atoms with Crippen molar-refractivity contribution in [3.8, 4) is 0 Å². The first-order chi connectivity index (χ1) is 9.56. The van der Waals surface area contributed by atoms with E-state index in [0.717, 1.165) is 38.0 Å². The Morgan fingerprint density at radius 1 is 1.55 bits per heavy atom. The average molecular weight is 295 g/mol. The van der Waals surface area contributed by atoms with E-state index in [1.54, 1.807) is 17.4 Å². The van der Waals surface area contributed by atoms with Crippen LogP contribution in [0.3, 0.4) is 0 Å². The van der Waals surface area contributed by atoms with Crippen molar-refractivity contribution < 1.29 is 15.0 Å². The molecule has 2 rings (SSSR count). The second kappa shape index (κ2) is 7.02. The molecule has 0 saturated carbocycles. The van der Waals surface area contributed by atoms with Gasteiger partial charge in [0, 0.05) is 17.5 Å². The number of carbonyl (C=O) groups is 1. The Morgan fingerprint density at radius 2 is 2.25 bits per heavy atom. The molecule has 2 heterocycles. The van der Waals surface area contributed by atoms with E-state index in [0.29, 0.717) is 5.92 Å². The number of rotatable bonds is 5. The highest BCUT2D eigenvalue weighted by atomic mass is 32.1. The van der Waals surface area contributed by atoms with Crippen molar-refractivity contribution in [3.63, 3.8) is 0 Å².